The van der Waals surface area contributed by atoms with E-state index in [9.17, 15) is 10.2 Å². The van der Waals surface area contributed by atoms with Gasteiger partial charge >= 0.3 is 0 Å². The molecule has 8 atom stereocenters. The van der Waals surface area contributed by atoms with Crippen LogP contribution in [-0.2, 0) is 18.9 Å². The lowest BCUT2D eigenvalue weighted by Gasteiger charge is -2.58. The summed E-state index contributed by atoms with van der Waals surface area (Å²) in [6, 6.07) is 0. The summed E-state index contributed by atoms with van der Waals surface area (Å²) in [5.41, 5.74) is -3.70. The van der Waals surface area contributed by atoms with Gasteiger partial charge in [-0.2, -0.15) is 0 Å². The van der Waals surface area contributed by atoms with Crippen molar-refractivity contribution in [2.24, 2.45) is 11.3 Å². The van der Waals surface area contributed by atoms with Gasteiger partial charge in [0.15, 0.2) is 11.9 Å². The van der Waals surface area contributed by atoms with Gasteiger partial charge in [-0.25, -0.2) is 0 Å². The molecule has 0 amide bonds. The first-order valence-electron chi connectivity index (χ1n) is 8.51. The first-order chi connectivity index (χ1) is 10.6. The number of methoxy groups -OCH3 is 2. The van der Waals surface area contributed by atoms with E-state index in [1.807, 2.05) is 0 Å². The molecule has 2 aliphatic heterocycles. The lowest BCUT2D eigenvalue weighted by atomic mass is 9.49. The number of hydrogen-bond donors (Lipinski definition) is 2. The van der Waals surface area contributed by atoms with E-state index in [-0.39, 0.29) is 17.1 Å². The highest BCUT2D eigenvalue weighted by atomic mass is 16.8. The third-order valence-electron chi connectivity index (χ3n) is 7.62. The van der Waals surface area contributed by atoms with Crippen molar-refractivity contribution in [2.75, 3.05) is 14.2 Å². The molecule has 0 radical (unpaired) electrons. The van der Waals surface area contributed by atoms with Crippen LogP contribution in [0.2, 0.25) is 0 Å². The second-order valence-electron chi connectivity index (χ2n) is 8.40. The van der Waals surface area contributed by atoms with Gasteiger partial charge < -0.3 is 29.2 Å². The van der Waals surface area contributed by atoms with Crippen molar-refractivity contribution < 1.29 is 29.2 Å². The van der Waals surface area contributed by atoms with Gasteiger partial charge in [0.05, 0.1) is 6.10 Å². The van der Waals surface area contributed by atoms with Crippen molar-refractivity contribution in [1.29, 1.82) is 0 Å². The Morgan fingerprint density at radius 2 is 1.74 bits per heavy atom. The number of epoxide rings is 1. The monoisotopic (exact) mass is 328 g/mol. The number of fused-ring (bicyclic) bond motifs is 1. The molecule has 0 unspecified atom stereocenters. The molecule has 2 aliphatic carbocycles. The maximum atomic E-state index is 11.6. The number of aliphatic hydroxyl groups is 2. The van der Waals surface area contributed by atoms with Gasteiger partial charge in [-0.1, -0.05) is 13.8 Å². The molecule has 4 rings (SSSR count). The van der Waals surface area contributed by atoms with Crippen LogP contribution in [0.4, 0.5) is 0 Å². The molecule has 2 saturated carbocycles. The largest absolute Gasteiger partial charge is 0.382 e. The summed E-state index contributed by atoms with van der Waals surface area (Å²) in [5, 5.41) is 22.7. The van der Waals surface area contributed by atoms with Gasteiger partial charge in [0.2, 0.25) is 5.79 Å². The minimum absolute atomic E-state index is 0.190. The molecule has 0 aromatic rings. The number of rotatable bonds is 2. The molecule has 0 aromatic heterocycles. The van der Waals surface area contributed by atoms with E-state index in [0.717, 1.165) is 12.8 Å². The number of hydrogen-bond acceptors (Lipinski definition) is 6. The molecular weight excluding hydrogens is 300 g/mol. The molecule has 132 valence electrons. The summed E-state index contributed by atoms with van der Waals surface area (Å²) in [5.74, 6) is -0.930. The lowest BCUT2D eigenvalue weighted by Crippen LogP contribution is -2.72. The van der Waals surface area contributed by atoms with Gasteiger partial charge in [0.1, 0.15) is 11.2 Å². The summed E-state index contributed by atoms with van der Waals surface area (Å²) >= 11 is 0. The summed E-state index contributed by atoms with van der Waals surface area (Å²) < 4.78 is 23.2. The first kappa shape index (κ1) is 16.2. The molecule has 0 aromatic carbocycles. The van der Waals surface area contributed by atoms with Gasteiger partial charge in [0.25, 0.3) is 0 Å². The first-order valence-corrected chi connectivity index (χ1v) is 8.51. The van der Waals surface area contributed by atoms with Crippen LogP contribution < -0.4 is 0 Å². The second kappa shape index (κ2) is 4.29. The average Bonchev–Trinajstić information content (AvgIpc) is 3.17. The van der Waals surface area contributed by atoms with Crippen LogP contribution in [0.15, 0.2) is 0 Å². The van der Waals surface area contributed by atoms with Gasteiger partial charge in [0, 0.05) is 26.1 Å². The zero-order chi connectivity index (χ0) is 16.9. The molecule has 0 bridgehead atoms. The van der Waals surface area contributed by atoms with E-state index in [2.05, 4.69) is 13.8 Å². The molecule has 6 nitrogen and oxygen atoms in total. The molecule has 1 spiro atoms. The Hall–Kier alpha value is -0.240. The fourth-order valence-corrected chi connectivity index (χ4v) is 5.74. The zero-order valence-corrected chi connectivity index (χ0v) is 14.6. The Kier molecular flexibility index (Phi) is 3.03. The van der Waals surface area contributed by atoms with Gasteiger partial charge in [-0.15, -0.1) is 0 Å². The number of ether oxygens (including phenoxy) is 4. The standard InChI is InChI=1S/C17H28O6/c1-10-6-7-11-15(22-11)9-17(21-5)16(19,8-13(10,15)2)14(3,18)12(20-4)23-17/h10-12,18-19H,6-9H2,1-5H3/t10-,11+,12-,13+,14+,15+,16+,17-/m1/s1. The van der Waals surface area contributed by atoms with Crippen molar-refractivity contribution in [3.05, 3.63) is 0 Å². The lowest BCUT2D eigenvalue weighted by molar-refractivity contribution is -0.337. The molecule has 6 heteroatoms. The quantitative estimate of drug-likeness (QED) is 0.741. The maximum Gasteiger partial charge on any atom is 0.205 e. The Balaban J connectivity index is 1.84. The van der Waals surface area contributed by atoms with Gasteiger partial charge in [-0.3, -0.25) is 0 Å². The highest BCUT2D eigenvalue weighted by Gasteiger charge is 2.85. The highest BCUT2D eigenvalue weighted by Crippen LogP contribution is 2.73. The van der Waals surface area contributed by atoms with Crippen molar-refractivity contribution in [1.82, 2.24) is 0 Å². The second-order valence-corrected chi connectivity index (χ2v) is 8.40. The van der Waals surface area contributed by atoms with E-state index < -0.39 is 23.3 Å². The Morgan fingerprint density at radius 1 is 1.04 bits per heavy atom. The fourth-order valence-electron chi connectivity index (χ4n) is 5.74. The van der Waals surface area contributed by atoms with Crippen molar-refractivity contribution >= 4 is 0 Å². The van der Waals surface area contributed by atoms with E-state index in [1.54, 1.807) is 6.92 Å². The summed E-state index contributed by atoms with van der Waals surface area (Å²) in [7, 11) is 2.98. The third-order valence-corrected chi connectivity index (χ3v) is 7.62. The van der Waals surface area contributed by atoms with Crippen LogP contribution >= 0.6 is 0 Å². The predicted octanol–water partition coefficient (Wildman–Crippen LogP) is 1.18. The molecule has 2 saturated heterocycles. The maximum absolute atomic E-state index is 11.6. The Bertz CT molecular complexity index is 537. The van der Waals surface area contributed by atoms with Crippen LogP contribution in [0, 0.1) is 11.3 Å². The van der Waals surface area contributed by atoms with Crippen LogP contribution in [0.25, 0.3) is 0 Å². The summed E-state index contributed by atoms with van der Waals surface area (Å²) in [6.07, 6.45) is 2.11. The van der Waals surface area contributed by atoms with Crippen LogP contribution in [0.5, 0.6) is 0 Å². The Labute approximate surface area is 137 Å². The van der Waals surface area contributed by atoms with Gasteiger partial charge in [-0.05, 0) is 32.1 Å². The summed E-state index contributed by atoms with van der Waals surface area (Å²) in [6.45, 7) is 5.95. The molecule has 4 aliphatic rings. The normalized spacial score (nSPS) is 64.0. The minimum Gasteiger partial charge on any atom is -0.382 e. The highest BCUT2D eigenvalue weighted by molar-refractivity contribution is 5.30. The van der Waals surface area contributed by atoms with Crippen molar-refractivity contribution in [3.63, 3.8) is 0 Å². The molecular formula is C17H28O6. The topological polar surface area (TPSA) is 80.7 Å². The van der Waals surface area contributed by atoms with E-state index in [1.165, 1.54) is 14.2 Å². The van der Waals surface area contributed by atoms with Crippen molar-refractivity contribution in [2.45, 2.75) is 81.4 Å². The predicted molar refractivity (Wildman–Crippen MR) is 80.5 cm³/mol. The van der Waals surface area contributed by atoms with Crippen LogP contribution in [-0.4, -0.2) is 59.4 Å². The van der Waals surface area contributed by atoms with Crippen molar-refractivity contribution in [3.8, 4) is 0 Å². The fraction of sp³-hybridized carbons (Fsp3) is 1.00. The van der Waals surface area contributed by atoms with Crippen LogP contribution in [0.1, 0.15) is 46.5 Å². The smallest absolute Gasteiger partial charge is 0.205 e. The SMILES string of the molecule is CO[C@@H]1O[C@]2(OC)C[C@]34O[C@H]3CC[C@@H](C)[C@]4(C)C[C@]2(O)[C@@]1(C)O. The van der Waals surface area contributed by atoms with E-state index >= 15 is 0 Å². The van der Waals surface area contributed by atoms with E-state index in [0.29, 0.717) is 18.8 Å². The third kappa shape index (κ3) is 1.52. The average molecular weight is 328 g/mol. The van der Waals surface area contributed by atoms with Crippen LogP contribution in [0.3, 0.4) is 0 Å². The molecule has 2 N–H and O–H groups in total. The minimum atomic E-state index is -1.57. The Morgan fingerprint density at radius 3 is 2.35 bits per heavy atom. The molecule has 4 fully saturated rings. The molecule has 2 heterocycles. The zero-order valence-electron chi connectivity index (χ0n) is 14.6. The molecule has 23 heavy (non-hydrogen) atoms. The summed E-state index contributed by atoms with van der Waals surface area (Å²) in [4.78, 5) is 0. The van der Waals surface area contributed by atoms with E-state index in [4.69, 9.17) is 18.9 Å².